The van der Waals surface area contributed by atoms with E-state index in [2.05, 4.69) is 30.4 Å². The van der Waals surface area contributed by atoms with E-state index in [9.17, 15) is 9.59 Å². The number of nitrogens with zero attached hydrogens (tertiary/aromatic N) is 1. The molecule has 0 spiro atoms. The van der Waals surface area contributed by atoms with E-state index in [0.717, 1.165) is 25.7 Å². The third kappa shape index (κ3) is 2.45. The van der Waals surface area contributed by atoms with E-state index in [1.807, 2.05) is 11.0 Å². The monoisotopic (exact) mass is 330 g/mol. The highest BCUT2D eigenvalue weighted by Crippen LogP contribution is 2.47. The van der Waals surface area contributed by atoms with Crippen LogP contribution in [-0.2, 0) is 16.0 Å². The second kappa shape index (κ2) is 5.55. The van der Waals surface area contributed by atoms with Crippen LogP contribution in [0, 0.1) is 0 Å². The molecule has 122 valence electrons. The molecule has 2 heterocycles. The van der Waals surface area contributed by atoms with E-state index in [-0.39, 0.29) is 28.8 Å². The first-order valence-electron chi connectivity index (χ1n) is 8.43. The Bertz CT molecular complexity index is 662. The first-order valence-corrected chi connectivity index (χ1v) is 9.41. The van der Waals surface area contributed by atoms with E-state index < -0.39 is 0 Å². The van der Waals surface area contributed by atoms with Crippen molar-refractivity contribution in [2.45, 2.75) is 56.0 Å². The normalized spacial score (nSPS) is 32.6. The lowest BCUT2D eigenvalue weighted by molar-refractivity contribution is -0.138. The number of hydrogen-bond donors (Lipinski definition) is 1. The van der Waals surface area contributed by atoms with E-state index in [4.69, 9.17) is 0 Å². The number of carbonyl (C=O) groups excluding carboxylic acids is 2. The molecule has 2 aliphatic heterocycles. The van der Waals surface area contributed by atoms with Gasteiger partial charge in [-0.3, -0.25) is 9.59 Å². The summed E-state index contributed by atoms with van der Waals surface area (Å²) in [6.07, 6.45) is 4.59. The summed E-state index contributed by atoms with van der Waals surface area (Å²) in [5, 5.41) is 3.22. The van der Waals surface area contributed by atoms with Gasteiger partial charge in [0.15, 0.2) is 0 Å². The highest BCUT2D eigenvalue weighted by molar-refractivity contribution is 8.01. The van der Waals surface area contributed by atoms with Crippen molar-refractivity contribution < 1.29 is 9.59 Å². The largest absolute Gasteiger partial charge is 0.347 e. The van der Waals surface area contributed by atoms with Crippen molar-refractivity contribution in [3.05, 3.63) is 35.4 Å². The summed E-state index contributed by atoms with van der Waals surface area (Å²) in [6.45, 7) is 2.09. The average molecular weight is 330 g/mol. The van der Waals surface area contributed by atoms with Gasteiger partial charge in [0.25, 0.3) is 0 Å². The maximum atomic E-state index is 12.8. The molecule has 0 radical (unpaired) electrons. The molecule has 3 atom stereocenters. The van der Waals surface area contributed by atoms with Crippen molar-refractivity contribution in [2.24, 2.45) is 0 Å². The summed E-state index contributed by atoms with van der Waals surface area (Å²) in [4.78, 5) is 26.7. The lowest BCUT2D eigenvalue weighted by atomic mass is 9.87. The molecule has 2 amide bonds. The molecule has 2 saturated heterocycles. The fourth-order valence-electron chi connectivity index (χ4n) is 4.19. The van der Waals surface area contributed by atoms with Crippen LogP contribution in [0.4, 0.5) is 0 Å². The second-order valence-electron chi connectivity index (χ2n) is 6.92. The molecule has 4 nitrogen and oxygen atoms in total. The Morgan fingerprint density at radius 3 is 3.04 bits per heavy atom. The Labute approximate surface area is 141 Å². The lowest BCUT2D eigenvalue weighted by Gasteiger charge is -2.32. The number of thioether (sulfide) groups is 1. The number of nitrogens with one attached hydrogen (secondary N) is 1. The predicted octanol–water partition coefficient (Wildman–Crippen LogP) is 2.63. The maximum Gasteiger partial charge on any atom is 0.244 e. The topological polar surface area (TPSA) is 49.4 Å². The van der Waals surface area contributed by atoms with Crippen LogP contribution in [0.2, 0.25) is 0 Å². The Morgan fingerprint density at radius 1 is 1.35 bits per heavy atom. The zero-order chi connectivity index (χ0) is 16.0. The summed E-state index contributed by atoms with van der Waals surface area (Å²) in [7, 11) is 0. The SMILES string of the molecule is C[C@]12CCC(=O)N1[C@@H](C(=O)N[C@H]1CCCc3ccccc31)CS2. The number of fused-ring (bicyclic) bond motifs is 2. The quantitative estimate of drug-likeness (QED) is 0.907. The Morgan fingerprint density at radius 2 is 2.17 bits per heavy atom. The fourth-order valence-corrected chi connectivity index (χ4v) is 5.62. The number of carbonyl (C=O) groups is 2. The smallest absolute Gasteiger partial charge is 0.244 e. The molecule has 3 aliphatic rings. The molecule has 4 rings (SSSR count). The summed E-state index contributed by atoms with van der Waals surface area (Å²) in [6, 6.07) is 8.14. The fraction of sp³-hybridized carbons (Fsp3) is 0.556. The minimum atomic E-state index is -0.311. The van der Waals surface area contributed by atoms with E-state index in [1.165, 1.54) is 11.1 Å². The van der Waals surface area contributed by atoms with E-state index >= 15 is 0 Å². The highest BCUT2D eigenvalue weighted by atomic mass is 32.2. The van der Waals surface area contributed by atoms with Gasteiger partial charge in [0, 0.05) is 12.2 Å². The van der Waals surface area contributed by atoms with Crippen LogP contribution in [0.1, 0.15) is 49.8 Å². The van der Waals surface area contributed by atoms with Gasteiger partial charge in [-0.15, -0.1) is 11.8 Å². The molecule has 0 saturated carbocycles. The van der Waals surface area contributed by atoms with Crippen LogP contribution in [0.25, 0.3) is 0 Å². The van der Waals surface area contributed by atoms with Gasteiger partial charge in [-0.1, -0.05) is 24.3 Å². The van der Waals surface area contributed by atoms with Gasteiger partial charge in [0.1, 0.15) is 6.04 Å². The van der Waals surface area contributed by atoms with Crippen molar-refractivity contribution in [1.29, 1.82) is 0 Å². The lowest BCUT2D eigenvalue weighted by Crippen LogP contribution is -2.50. The zero-order valence-corrected chi connectivity index (χ0v) is 14.2. The van der Waals surface area contributed by atoms with Crippen LogP contribution in [0.5, 0.6) is 0 Å². The van der Waals surface area contributed by atoms with Crippen molar-refractivity contribution >= 4 is 23.6 Å². The number of benzene rings is 1. The van der Waals surface area contributed by atoms with Gasteiger partial charge in [0.2, 0.25) is 11.8 Å². The zero-order valence-electron chi connectivity index (χ0n) is 13.4. The standard InChI is InChI=1S/C18H22N2O2S/c1-18-10-9-16(21)20(18)15(11-23-18)17(22)19-14-8-4-6-12-5-2-3-7-13(12)14/h2-3,5,7,14-15H,4,6,8-11H2,1H3,(H,19,22)/t14-,15+,18-/m0/s1. The summed E-state index contributed by atoms with van der Waals surface area (Å²) in [5.41, 5.74) is 2.58. The second-order valence-corrected chi connectivity index (χ2v) is 8.42. The van der Waals surface area contributed by atoms with Gasteiger partial charge in [-0.2, -0.15) is 0 Å². The molecule has 0 unspecified atom stereocenters. The number of amides is 2. The summed E-state index contributed by atoms with van der Waals surface area (Å²) < 4.78 is 0. The molecule has 0 aromatic heterocycles. The molecule has 1 aliphatic carbocycles. The molecule has 5 heteroatoms. The number of rotatable bonds is 2. The molecule has 1 aromatic rings. The minimum absolute atomic E-state index is 0.0122. The third-order valence-electron chi connectivity index (χ3n) is 5.43. The summed E-state index contributed by atoms with van der Waals surface area (Å²) >= 11 is 1.75. The van der Waals surface area contributed by atoms with Gasteiger partial charge < -0.3 is 10.2 Å². The van der Waals surface area contributed by atoms with Crippen molar-refractivity contribution in [3.8, 4) is 0 Å². The maximum absolute atomic E-state index is 12.8. The van der Waals surface area contributed by atoms with Crippen LogP contribution >= 0.6 is 11.8 Å². The van der Waals surface area contributed by atoms with Gasteiger partial charge in [-0.05, 0) is 43.7 Å². The Balaban J connectivity index is 1.52. The Hall–Kier alpha value is -1.49. The van der Waals surface area contributed by atoms with Crippen LogP contribution in [-0.4, -0.2) is 33.4 Å². The molecule has 1 aromatic carbocycles. The van der Waals surface area contributed by atoms with Gasteiger partial charge in [-0.25, -0.2) is 0 Å². The van der Waals surface area contributed by atoms with E-state index in [0.29, 0.717) is 12.2 Å². The molecule has 2 fully saturated rings. The summed E-state index contributed by atoms with van der Waals surface area (Å²) in [5.74, 6) is 0.850. The van der Waals surface area contributed by atoms with E-state index in [1.54, 1.807) is 11.8 Å². The Kier molecular flexibility index (Phi) is 3.63. The number of hydrogen-bond acceptors (Lipinski definition) is 3. The van der Waals surface area contributed by atoms with Crippen molar-refractivity contribution in [2.75, 3.05) is 5.75 Å². The first kappa shape index (κ1) is 15.1. The average Bonchev–Trinajstić information content (AvgIpc) is 3.04. The molecule has 1 N–H and O–H groups in total. The van der Waals surface area contributed by atoms with Gasteiger partial charge >= 0.3 is 0 Å². The molecule has 23 heavy (non-hydrogen) atoms. The van der Waals surface area contributed by atoms with Crippen LogP contribution in [0.15, 0.2) is 24.3 Å². The van der Waals surface area contributed by atoms with Crippen molar-refractivity contribution in [1.82, 2.24) is 10.2 Å². The highest BCUT2D eigenvalue weighted by Gasteiger charge is 2.53. The minimum Gasteiger partial charge on any atom is -0.347 e. The van der Waals surface area contributed by atoms with Crippen LogP contribution < -0.4 is 5.32 Å². The van der Waals surface area contributed by atoms with Crippen LogP contribution in [0.3, 0.4) is 0 Å². The van der Waals surface area contributed by atoms with Crippen molar-refractivity contribution in [3.63, 3.8) is 0 Å². The first-order chi connectivity index (χ1) is 11.1. The predicted molar refractivity (Wildman–Crippen MR) is 91.0 cm³/mol. The molecule has 0 bridgehead atoms. The number of aryl methyl sites for hydroxylation is 1. The molecular formula is C18H22N2O2S. The molecular weight excluding hydrogens is 308 g/mol. The third-order valence-corrected chi connectivity index (χ3v) is 6.94. The van der Waals surface area contributed by atoms with Gasteiger partial charge in [0.05, 0.1) is 10.9 Å².